The first-order valence-corrected chi connectivity index (χ1v) is 6.73. The van der Waals surface area contributed by atoms with Crippen molar-refractivity contribution in [3.05, 3.63) is 30.3 Å². The summed E-state index contributed by atoms with van der Waals surface area (Å²) < 4.78 is 10.5. The monoisotopic (exact) mass is 291 g/mol. The van der Waals surface area contributed by atoms with Crippen molar-refractivity contribution in [2.45, 2.75) is 39.7 Å². The molecule has 21 heavy (non-hydrogen) atoms. The minimum Gasteiger partial charge on any atom is -0.444 e. The summed E-state index contributed by atoms with van der Waals surface area (Å²) in [7, 11) is 0. The third kappa shape index (κ3) is 5.30. The standard InChI is InChI=1S/C16H21NO4/c1-6-11-9-8-10-12(14(11)20-13(18)7-2)17-15(19)21-16(3,4)5/h6,8-10H,1,7H2,2-5H3,(H,17,19). The first-order chi connectivity index (χ1) is 9.76. The lowest BCUT2D eigenvalue weighted by Gasteiger charge is -2.20. The predicted molar refractivity (Wildman–Crippen MR) is 82.3 cm³/mol. The van der Waals surface area contributed by atoms with E-state index in [2.05, 4.69) is 11.9 Å². The Kier molecular flexibility index (Phi) is 5.52. The normalized spacial score (nSPS) is 10.7. The second-order valence-corrected chi connectivity index (χ2v) is 5.38. The van der Waals surface area contributed by atoms with Gasteiger partial charge in [-0.1, -0.05) is 31.7 Å². The lowest BCUT2D eigenvalue weighted by molar-refractivity contribution is -0.134. The molecule has 0 spiro atoms. The quantitative estimate of drug-likeness (QED) is 0.673. The molecule has 0 radical (unpaired) electrons. The third-order valence-corrected chi connectivity index (χ3v) is 2.41. The topological polar surface area (TPSA) is 64.6 Å². The van der Waals surface area contributed by atoms with Gasteiger partial charge >= 0.3 is 12.1 Å². The van der Waals surface area contributed by atoms with E-state index in [1.807, 2.05) is 0 Å². The van der Waals surface area contributed by atoms with Gasteiger partial charge in [0.05, 0.1) is 5.69 Å². The zero-order chi connectivity index (χ0) is 16.0. The Hall–Kier alpha value is -2.30. The number of esters is 1. The maximum Gasteiger partial charge on any atom is 0.412 e. The number of benzene rings is 1. The number of rotatable bonds is 4. The molecular formula is C16H21NO4. The molecule has 0 bridgehead atoms. The van der Waals surface area contributed by atoms with E-state index in [0.29, 0.717) is 11.3 Å². The molecule has 0 aromatic heterocycles. The number of hydrogen-bond donors (Lipinski definition) is 1. The molecule has 1 amide bonds. The lowest BCUT2D eigenvalue weighted by atomic mass is 10.1. The van der Waals surface area contributed by atoms with Crippen LogP contribution in [0.4, 0.5) is 10.5 Å². The van der Waals surface area contributed by atoms with Gasteiger partial charge in [0.25, 0.3) is 0 Å². The summed E-state index contributed by atoms with van der Waals surface area (Å²) in [5.74, 6) is -0.123. The molecule has 1 N–H and O–H groups in total. The average Bonchev–Trinajstić information content (AvgIpc) is 2.38. The first kappa shape index (κ1) is 16.8. The van der Waals surface area contributed by atoms with Crippen LogP contribution in [0.2, 0.25) is 0 Å². The van der Waals surface area contributed by atoms with Gasteiger partial charge in [-0.15, -0.1) is 0 Å². The second-order valence-electron chi connectivity index (χ2n) is 5.38. The molecule has 0 saturated carbocycles. The van der Waals surface area contributed by atoms with Gasteiger partial charge in [-0.25, -0.2) is 4.79 Å². The van der Waals surface area contributed by atoms with Gasteiger partial charge in [-0.2, -0.15) is 0 Å². The van der Waals surface area contributed by atoms with Crippen molar-refractivity contribution in [3.8, 4) is 5.75 Å². The van der Waals surface area contributed by atoms with Crippen LogP contribution in [0.3, 0.4) is 0 Å². The van der Waals surface area contributed by atoms with E-state index in [-0.39, 0.29) is 12.2 Å². The Morgan fingerprint density at radius 3 is 2.52 bits per heavy atom. The maximum absolute atomic E-state index is 11.8. The van der Waals surface area contributed by atoms with Gasteiger partial charge < -0.3 is 9.47 Å². The molecule has 0 atom stereocenters. The van der Waals surface area contributed by atoms with E-state index in [0.717, 1.165) is 0 Å². The number of carbonyl (C=O) groups is 2. The van der Waals surface area contributed by atoms with Crippen LogP contribution in [0.1, 0.15) is 39.7 Å². The van der Waals surface area contributed by atoms with Crippen LogP contribution in [0.5, 0.6) is 5.75 Å². The summed E-state index contributed by atoms with van der Waals surface area (Å²) in [6, 6.07) is 5.10. The molecule has 114 valence electrons. The summed E-state index contributed by atoms with van der Waals surface area (Å²) in [6.45, 7) is 10.7. The van der Waals surface area contributed by atoms with Gasteiger partial charge in [0, 0.05) is 12.0 Å². The predicted octanol–water partition coefficient (Wildman–Crippen LogP) is 3.99. The zero-order valence-corrected chi connectivity index (χ0v) is 12.9. The zero-order valence-electron chi connectivity index (χ0n) is 12.9. The van der Waals surface area contributed by atoms with E-state index in [1.165, 1.54) is 0 Å². The fourth-order valence-electron chi connectivity index (χ4n) is 1.53. The lowest BCUT2D eigenvalue weighted by Crippen LogP contribution is -2.27. The van der Waals surface area contributed by atoms with Crippen molar-refractivity contribution in [2.24, 2.45) is 0 Å². The van der Waals surface area contributed by atoms with Gasteiger partial charge in [0.2, 0.25) is 0 Å². The number of anilines is 1. The molecule has 0 unspecified atom stereocenters. The molecule has 0 aliphatic carbocycles. The highest BCUT2D eigenvalue weighted by Crippen LogP contribution is 2.30. The van der Waals surface area contributed by atoms with E-state index in [1.54, 1.807) is 52.0 Å². The van der Waals surface area contributed by atoms with Crippen LogP contribution >= 0.6 is 0 Å². The Morgan fingerprint density at radius 2 is 2.00 bits per heavy atom. The van der Waals surface area contributed by atoms with Crippen molar-refractivity contribution in [1.29, 1.82) is 0 Å². The summed E-state index contributed by atoms with van der Waals surface area (Å²) in [6.07, 6.45) is 1.17. The molecule has 0 saturated heterocycles. The molecule has 0 fully saturated rings. The van der Waals surface area contributed by atoms with Crippen LogP contribution in [0.15, 0.2) is 24.8 Å². The molecule has 1 rings (SSSR count). The van der Waals surface area contributed by atoms with E-state index in [4.69, 9.17) is 9.47 Å². The van der Waals surface area contributed by atoms with Crippen LogP contribution in [-0.2, 0) is 9.53 Å². The smallest absolute Gasteiger partial charge is 0.412 e. The van der Waals surface area contributed by atoms with Crippen molar-refractivity contribution in [2.75, 3.05) is 5.32 Å². The molecule has 1 aromatic rings. The number of nitrogens with one attached hydrogen (secondary N) is 1. The summed E-state index contributed by atoms with van der Waals surface area (Å²) in [5, 5.41) is 2.59. The fourth-order valence-corrected chi connectivity index (χ4v) is 1.53. The Labute approximate surface area is 124 Å². The maximum atomic E-state index is 11.8. The van der Waals surface area contributed by atoms with E-state index >= 15 is 0 Å². The Bertz CT molecular complexity index is 544. The van der Waals surface area contributed by atoms with Gasteiger partial charge in [0.15, 0.2) is 5.75 Å². The highest BCUT2D eigenvalue weighted by Gasteiger charge is 2.19. The second kappa shape index (κ2) is 6.92. The van der Waals surface area contributed by atoms with Gasteiger partial charge in [-0.3, -0.25) is 10.1 Å². The molecule has 5 nitrogen and oxygen atoms in total. The van der Waals surface area contributed by atoms with Crippen molar-refractivity contribution in [1.82, 2.24) is 0 Å². The molecule has 0 heterocycles. The summed E-state index contributed by atoms with van der Waals surface area (Å²) >= 11 is 0. The minimum absolute atomic E-state index is 0.233. The SMILES string of the molecule is C=Cc1cccc(NC(=O)OC(C)(C)C)c1OC(=O)CC. The summed E-state index contributed by atoms with van der Waals surface area (Å²) in [5.41, 5.74) is 0.370. The number of ether oxygens (including phenoxy) is 2. The van der Waals surface area contributed by atoms with Crippen LogP contribution in [-0.4, -0.2) is 17.7 Å². The van der Waals surface area contributed by atoms with Crippen LogP contribution in [0.25, 0.3) is 6.08 Å². The molecule has 1 aromatic carbocycles. The first-order valence-electron chi connectivity index (χ1n) is 6.73. The largest absolute Gasteiger partial charge is 0.444 e. The average molecular weight is 291 g/mol. The Balaban J connectivity index is 3.03. The minimum atomic E-state index is -0.613. The van der Waals surface area contributed by atoms with Gasteiger partial charge in [0.1, 0.15) is 5.60 Å². The summed E-state index contributed by atoms with van der Waals surface area (Å²) in [4.78, 5) is 23.4. The van der Waals surface area contributed by atoms with Crippen LogP contribution in [0, 0.1) is 0 Å². The van der Waals surface area contributed by atoms with Crippen molar-refractivity contribution < 1.29 is 19.1 Å². The molecule has 5 heteroatoms. The van der Waals surface area contributed by atoms with Crippen LogP contribution < -0.4 is 10.1 Å². The highest BCUT2D eigenvalue weighted by molar-refractivity contribution is 5.89. The molecule has 0 aliphatic rings. The number of para-hydroxylation sites is 1. The Morgan fingerprint density at radius 1 is 1.33 bits per heavy atom. The van der Waals surface area contributed by atoms with Gasteiger partial charge in [-0.05, 0) is 26.8 Å². The molecule has 0 aliphatic heterocycles. The van der Waals surface area contributed by atoms with E-state index in [9.17, 15) is 9.59 Å². The van der Waals surface area contributed by atoms with Crippen molar-refractivity contribution >= 4 is 23.8 Å². The number of carbonyl (C=O) groups excluding carboxylic acids is 2. The third-order valence-electron chi connectivity index (χ3n) is 2.41. The van der Waals surface area contributed by atoms with Crippen molar-refractivity contribution in [3.63, 3.8) is 0 Å². The highest BCUT2D eigenvalue weighted by atomic mass is 16.6. The molecular weight excluding hydrogens is 270 g/mol. The number of hydrogen-bond acceptors (Lipinski definition) is 4. The fraction of sp³-hybridized carbons (Fsp3) is 0.375. The number of amides is 1. The van der Waals surface area contributed by atoms with E-state index < -0.39 is 17.7 Å².